The van der Waals surface area contributed by atoms with E-state index in [4.69, 9.17) is 15.0 Å². The fraction of sp³-hybridized carbons (Fsp3) is 0.538. The first-order valence-electron chi connectivity index (χ1n) is 6.31. The first-order valence-corrected chi connectivity index (χ1v) is 6.31. The van der Waals surface area contributed by atoms with Gasteiger partial charge in [-0.15, -0.1) is 0 Å². The Labute approximate surface area is 116 Å². The zero-order valence-corrected chi connectivity index (χ0v) is 11.8. The van der Waals surface area contributed by atoms with Crippen LogP contribution in [0.2, 0.25) is 0 Å². The Balaban J connectivity index is 2.30. The van der Waals surface area contributed by atoms with Gasteiger partial charge in [0.25, 0.3) is 0 Å². The maximum Gasteiger partial charge on any atom is 0.480 e. The minimum atomic E-state index is -1.26. The molecule has 3 nitrogen and oxygen atoms in total. The third-order valence-corrected chi connectivity index (χ3v) is 3.96. The second-order valence-corrected chi connectivity index (χ2v) is 5.94. The lowest BCUT2D eigenvalue weighted by Crippen LogP contribution is -2.41. The summed E-state index contributed by atoms with van der Waals surface area (Å²) in [5.41, 5.74) is 4.44. The molecule has 1 aliphatic rings. The maximum atomic E-state index is 13.7. The molecule has 0 aromatic heterocycles. The third kappa shape index (κ3) is 2.45. The van der Waals surface area contributed by atoms with Crippen LogP contribution < -0.4 is 5.73 Å². The number of benzene rings is 1. The summed E-state index contributed by atoms with van der Waals surface area (Å²) in [5, 5.41) is 0. The van der Waals surface area contributed by atoms with Crippen LogP contribution in [0.3, 0.4) is 0 Å². The first-order chi connectivity index (χ1) is 9.05. The molecule has 0 saturated carbocycles. The van der Waals surface area contributed by atoms with Gasteiger partial charge in [0.1, 0.15) is 5.82 Å². The quantitative estimate of drug-likeness (QED) is 0.672. The van der Waals surface area contributed by atoms with Gasteiger partial charge >= 0.3 is 7.12 Å². The second-order valence-electron chi connectivity index (χ2n) is 5.94. The van der Waals surface area contributed by atoms with E-state index in [0.29, 0.717) is 6.07 Å². The molecule has 1 aromatic carbocycles. The van der Waals surface area contributed by atoms with Crippen LogP contribution in [0.5, 0.6) is 0 Å². The predicted molar refractivity (Wildman–Crippen MR) is 69.3 cm³/mol. The van der Waals surface area contributed by atoms with E-state index in [0.717, 1.165) is 6.07 Å². The van der Waals surface area contributed by atoms with Gasteiger partial charge in [0, 0.05) is 11.6 Å². The van der Waals surface area contributed by atoms with Crippen LogP contribution in [0.1, 0.15) is 39.2 Å². The van der Waals surface area contributed by atoms with Crippen molar-refractivity contribution in [1.29, 1.82) is 0 Å². The van der Waals surface area contributed by atoms with Gasteiger partial charge in [-0.25, -0.2) is 13.2 Å². The summed E-state index contributed by atoms with van der Waals surface area (Å²) >= 11 is 0. The molecule has 7 heteroatoms. The van der Waals surface area contributed by atoms with E-state index in [1.807, 2.05) is 27.7 Å². The van der Waals surface area contributed by atoms with Gasteiger partial charge in [0.05, 0.1) is 17.1 Å². The monoisotopic (exact) mass is 287 g/mol. The standard InChI is InChI=1S/C13H17BF3NO2/c1-12(2)13(3,4)20-14(19-12)11(18)7-5-9(16)10(17)6-8(7)15/h5-6,11H,18H2,1-4H3/t11-/m1/s1. The van der Waals surface area contributed by atoms with E-state index in [1.54, 1.807) is 0 Å². The molecule has 110 valence electrons. The molecule has 2 N–H and O–H groups in total. The summed E-state index contributed by atoms with van der Waals surface area (Å²) in [6, 6.07) is 1.20. The molecule has 0 aliphatic carbocycles. The van der Waals surface area contributed by atoms with Crippen molar-refractivity contribution in [3.63, 3.8) is 0 Å². The van der Waals surface area contributed by atoms with Crippen LogP contribution in [0.15, 0.2) is 12.1 Å². The number of halogens is 3. The Morgan fingerprint density at radius 1 is 0.950 bits per heavy atom. The molecule has 0 bridgehead atoms. The molecule has 1 atom stereocenters. The van der Waals surface area contributed by atoms with E-state index < -0.39 is 41.7 Å². The lowest BCUT2D eigenvalue weighted by atomic mass is 9.74. The van der Waals surface area contributed by atoms with Gasteiger partial charge in [-0.1, -0.05) is 0 Å². The molecule has 1 aromatic rings. The molecule has 1 heterocycles. The predicted octanol–water partition coefficient (Wildman–Crippen LogP) is 2.74. The van der Waals surface area contributed by atoms with Crippen LogP contribution in [-0.4, -0.2) is 18.3 Å². The molecule has 1 fully saturated rings. The molecular formula is C13H17BF3NO2. The minimum absolute atomic E-state index is 0.178. The van der Waals surface area contributed by atoms with Crippen LogP contribution in [0, 0.1) is 17.5 Å². The van der Waals surface area contributed by atoms with Crippen molar-refractivity contribution < 1.29 is 22.5 Å². The Kier molecular flexibility index (Phi) is 3.65. The first kappa shape index (κ1) is 15.3. The summed E-state index contributed by atoms with van der Waals surface area (Å²) in [4.78, 5) is 0. The molecule has 0 radical (unpaired) electrons. The summed E-state index contributed by atoms with van der Waals surface area (Å²) in [7, 11) is -0.931. The minimum Gasteiger partial charge on any atom is -0.402 e. The average molecular weight is 287 g/mol. The summed E-state index contributed by atoms with van der Waals surface area (Å²) in [5.74, 6) is -4.39. The van der Waals surface area contributed by atoms with Crippen LogP contribution in [0.25, 0.3) is 0 Å². The molecule has 2 rings (SSSR count). The molecule has 0 amide bonds. The van der Waals surface area contributed by atoms with Gasteiger partial charge in [-0.05, 0) is 33.8 Å². The molecule has 0 spiro atoms. The highest BCUT2D eigenvalue weighted by molar-refractivity contribution is 6.47. The SMILES string of the molecule is CC1(C)OB([C@H](N)c2cc(F)c(F)cc2F)OC1(C)C. The second kappa shape index (κ2) is 4.75. The Bertz CT molecular complexity index is 521. The summed E-state index contributed by atoms with van der Waals surface area (Å²) in [6.07, 6.45) is 0. The molecule has 0 unspecified atom stereocenters. The van der Waals surface area contributed by atoms with E-state index in [2.05, 4.69) is 0 Å². The highest BCUT2D eigenvalue weighted by Crippen LogP contribution is 2.39. The van der Waals surface area contributed by atoms with Crippen molar-refractivity contribution in [3.8, 4) is 0 Å². The molecular weight excluding hydrogens is 270 g/mol. The lowest BCUT2D eigenvalue weighted by molar-refractivity contribution is 0.00578. The number of rotatable bonds is 2. The number of nitrogens with two attached hydrogens (primary N) is 1. The maximum absolute atomic E-state index is 13.7. The third-order valence-electron chi connectivity index (χ3n) is 3.96. The van der Waals surface area contributed by atoms with Crippen LogP contribution in [-0.2, 0) is 9.31 Å². The lowest BCUT2D eigenvalue weighted by Gasteiger charge is -2.32. The van der Waals surface area contributed by atoms with Gasteiger partial charge in [0.2, 0.25) is 0 Å². The van der Waals surface area contributed by atoms with E-state index in [-0.39, 0.29) is 5.56 Å². The molecule has 1 saturated heterocycles. The number of hydrogen-bond donors (Lipinski definition) is 1. The van der Waals surface area contributed by atoms with Crippen molar-refractivity contribution in [2.75, 3.05) is 0 Å². The van der Waals surface area contributed by atoms with Crippen molar-refractivity contribution in [2.45, 2.75) is 44.8 Å². The highest BCUT2D eigenvalue weighted by atomic mass is 19.2. The fourth-order valence-electron chi connectivity index (χ4n) is 1.98. The van der Waals surface area contributed by atoms with Gasteiger partial charge in [-0.3, -0.25) is 0 Å². The van der Waals surface area contributed by atoms with E-state index >= 15 is 0 Å². The number of hydrogen-bond acceptors (Lipinski definition) is 3. The van der Waals surface area contributed by atoms with Crippen molar-refractivity contribution in [3.05, 3.63) is 35.1 Å². The topological polar surface area (TPSA) is 44.5 Å². The zero-order chi connectivity index (χ0) is 15.3. The van der Waals surface area contributed by atoms with Crippen molar-refractivity contribution >= 4 is 7.12 Å². The average Bonchev–Trinajstić information content (AvgIpc) is 2.52. The van der Waals surface area contributed by atoms with Crippen LogP contribution in [0.4, 0.5) is 13.2 Å². The Morgan fingerprint density at radius 2 is 1.40 bits per heavy atom. The van der Waals surface area contributed by atoms with Gasteiger partial charge in [0.15, 0.2) is 11.6 Å². The molecule has 20 heavy (non-hydrogen) atoms. The van der Waals surface area contributed by atoms with Crippen molar-refractivity contribution in [2.24, 2.45) is 5.73 Å². The highest BCUT2D eigenvalue weighted by Gasteiger charge is 2.53. The van der Waals surface area contributed by atoms with Gasteiger partial charge < -0.3 is 15.0 Å². The van der Waals surface area contributed by atoms with Crippen molar-refractivity contribution in [1.82, 2.24) is 0 Å². The molecule has 1 aliphatic heterocycles. The summed E-state index contributed by atoms with van der Waals surface area (Å²) < 4.78 is 51.2. The summed E-state index contributed by atoms with van der Waals surface area (Å²) in [6.45, 7) is 7.28. The fourth-order valence-corrected chi connectivity index (χ4v) is 1.98. The van der Waals surface area contributed by atoms with E-state index in [9.17, 15) is 13.2 Å². The Hall–Kier alpha value is -1.05. The largest absolute Gasteiger partial charge is 0.480 e. The normalized spacial score (nSPS) is 22.1. The van der Waals surface area contributed by atoms with Gasteiger partial charge in [-0.2, -0.15) is 0 Å². The smallest absolute Gasteiger partial charge is 0.402 e. The van der Waals surface area contributed by atoms with Crippen LogP contribution >= 0.6 is 0 Å². The zero-order valence-electron chi connectivity index (χ0n) is 11.8. The van der Waals surface area contributed by atoms with E-state index in [1.165, 1.54) is 0 Å². The Morgan fingerprint density at radius 3 is 1.90 bits per heavy atom.